The standard InChI is InChI=1S/C15H17ClFNO2/c1-10(2)18-8-11-5-6-19-15(11)9-20-12-3-4-13(16)14(17)7-12/h3-7,10,18H,8-9H2,1-2H3. The van der Waals surface area contributed by atoms with E-state index in [9.17, 15) is 4.39 Å². The van der Waals surface area contributed by atoms with Gasteiger partial charge in [-0.1, -0.05) is 25.4 Å². The Bertz CT molecular complexity index is 569. The Balaban J connectivity index is 1.96. The molecular weight excluding hydrogens is 281 g/mol. The Kier molecular flexibility index (Phi) is 5.04. The molecule has 0 amide bonds. The molecule has 1 N–H and O–H groups in total. The van der Waals surface area contributed by atoms with Crippen LogP contribution in [0.1, 0.15) is 25.2 Å². The molecule has 20 heavy (non-hydrogen) atoms. The lowest BCUT2D eigenvalue weighted by Gasteiger charge is -2.09. The number of halogens is 2. The van der Waals surface area contributed by atoms with Gasteiger partial charge in [-0.25, -0.2) is 4.39 Å². The Morgan fingerprint density at radius 3 is 2.85 bits per heavy atom. The summed E-state index contributed by atoms with van der Waals surface area (Å²) in [6.45, 7) is 5.12. The Labute approximate surface area is 122 Å². The Morgan fingerprint density at radius 1 is 1.35 bits per heavy atom. The fraction of sp³-hybridized carbons (Fsp3) is 0.333. The van der Waals surface area contributed by atoms with Gasteiger partial charge in [-0.3, -0.25) is 0 Å². The fourth-order valence-corrected chi connectivity index (χ4v) is 1.80. The van der Waals surface area contributed by atoms with Crippen molar-refractivity contribution in [1.82, 2.24) is 5.32 Å². The molecule has 1 heterocycles. The summed E-state index contributed by atoms with van der Waals surface area (Å²) in [6, 6.07) is 6.65. The molecule has 0 aliphatic carbocycles. The number of rotatable bonds is 6. The van der Waals surface area contributed by atoms with Crippen LogP contribution in [0.5, 0.6) is 5.75 Å². The van der Waals surface area contributed by atoms with Crippen LogP contribution < -0.4 is 10.1 Å². The van der Waals surface area contributed by atoms with Gasteiger partial charge in [0.15, 0.2) is 0 Å². The van der Waals surface area contributed by atoms with E-state index in [0.29, 0.717) is 18.3 Å². The van der Waals surface area contributed by atoms with E-state index in [-0.39, 0.29) is 11.6 Å². The molecule has 0 fully saturated rings. The second-order valence-corrected chi connectivity index (χ2v) is 5.18. The molecule has 2 rings (SSSR count). The average Bonchev–Trinajstić information content (AvgIpc) is 2.85. The van der Waals surface area contributed by atoms with Crippen molar-refractivity contribution in [3.8, 4) is 5.75 Å². The zero-order chi connectivity index (χ0) is 14.5. The summed E-state index contributed by atoms with van der Waals surface area (Å²) in [5.74, 6) is 0.657. The van der Waals surface area contributed by atoms with Crippen LogP contribution in [0.15, 0.2) is 34.9 Å². The number of hydrogen-bond acceptors (Lipinski definition) is 3. The minimum absolute atomic E-state index is 0.0807. The van der Waals surface area contributed by atoms with Gasteiger partial charge in [0.05, 0.1) is 11.3 Å². The highest BCUT2D eigenvalue weighted by molar-refractivity contribution is 6.30. The van der Waals surface area contributed by atoms with E-state index < -0.39 is 5.82 Å². The van der Waals surface area contributed by atoms with Crippen LogP contribution in [-0.2, 0) is 13.2 Å². The van der Waals surface area contributed by atoms with E-state index in [0.717, 1.165) is 11.3 Å². The van der Waals surface area contributed by atoms with E-state index in [1.165, 1.54) is 12.1 Å². The third kappa shape index (κ3) is 3.99. The summed E-state index contributed by atoms with van der Waals surface area (Å²) in [7, 11) is 0. The van der Waals surface area contributed by atoms with Crippen molar-refractivity contribution in [2.45, 2.75) is 33.0 Å². The maximum absolute atomic E-state index is 13.3. The van der Waals surface area contributed by atoms with Crippen LogP contribution >= 0.6 is 11.6 Å². The van der Waals surface area contributed by atoms with Crippen LogP contribution in [0.2, 0.25) is 5.02 Å². The predicted octanol–water partition coefficient (Wildman–Crippen LogP) is 4.15. The van der Waals surface area contributed by atoms with E-state index in [4.69, 9.17) is 20.8 Å². The van der Waals surface area contributed by atoms with Crippen molar-refractivity contribution in [3.05, 3.63) is 52.7 Å². The lowest BCUT2D eigenvalue weighted by molar-refractivity contribution is 0.267. The highest BCUT2D eigenvalue weighted by Crippen LogP contribution is 2.22. The number of ether oxygens (including phenoxy) is 1. The van der Waals surface area contributed by atoms with Crippen LogP contribution in [0, 0.1) is 5.82 Å². The third-order valence-electron chi connectivity index (χ3n) is 2.80. The van der Waals surface area contributed by atoms with Gasteiger partial charge < -0.3 is 14.5 Å². The topological polar surface area (TPSA) is 34.4 Å². The van der Waals surface area contributed by atoms with Crippen LogP contribution in [-0.4, -0.2) is 6.04 Å². The molecule has 0 aliphatic heterocycles. The van der Waals surface area contributed by atoms with E-state index in [1.54, 1.807) is 12.3 Å². The molecule has 0 radical (unpaired) electrons. The number of hydrogen-bond donors (Lipinski definition) is 1. The second kappa shape index (κ2) is 6.77. The van der Waals surface area contributed by atoms with Crippen LogP contribution in [0.25, 0.3) is 0 Å². The zero-order valence-electron chi connectivity index (χ0n) is 11.5. The van der Waals surface area contributed by atoms with Gasteiger partial charge in [-0.15, -0.1) is 0 Å². The quantitative estimate of drug-likeness (QED) is 0.870. The lowest BCUT2D eigenvalue weighted by atomic mass is 10.2. The molecule has 1 aromatic carbocycles. The summed E-state index contributed by atoms with van der Waals surface area (Å²) < 4.78 is 24.2. The molecule has 0 unspecified atom stereocenters. The molecule has 1 aromatic heterocycles. The highest BCUT2D eigenvalue weighted by atomic mass is 35.5. The fourth-order valence-electron chi connectivity index (χ4n) is 1.68. The summed E-state index contributed by atoms with van der Waals surface area (Å²) >= 11 is 5.62. The normalized spacial score (nSPS) is 11.1. The Hall–Kier alpha value is -1.52. The number of nitrogens with one attached hydrogen (secondary N) is 1. The van der Waals surface area contributed by atoms with Crippen molar-refractivity contribution < 1.29 is 13.5 Å². The summed E-state index contributed by atoms with van der Waals surface area (Å²) in [5.41, 5.74) is 1.04. The lowest BCUT2D eigenvalue weighted by Crippen LogP contribution is -2.22. The predicted molar refractivity (Wildman–Crippen MR) is 76.4 cm³/mol. The molecule has 0 saturated carbocycles. The largest absolute Gasteiger partial charge is 0.486 e. The van der Waals surface area contributed by atoms with Crippen molar-refractivity contribution in [2.24, 2.45) is 0 Å². The molecule has 3 nitrogen and oxygen atoms in total. The van der Waals surface area contributed by atoms with Gasteiger partial charge in [0.1, 0.15) is 23.9 Å². The summed E-state index contributed by atoms with van der Waals surface area (Å²) in [4.78, 5) is 0. The monoisotopic (exact) mass is 297 g/mol. The molecule has 0 bridgehead atoms. The highest BCUT2D eigenvalue weighted by Gasteiger charge is 2.09. The summed E-state index contributed by atoms with van der Waals surface area (Å²) in [6.07, 6.45) is 1.62. The number of furan rings is 1. The van der Waals surface area contributed by atoms with Crippen molar-refractivity contribution in [3.63, 3.8) is 0 Å². The third-order valence-corrected chi connectivity index (χ3v) is 3.11. The van der Waals surface area contributed by atoms with Gasteiger partial charge in [-0.05, 0) is 18.2 Å². The molecule has 0 spiro atoms. The van der Waals surface area contributed by atoms with Gasteiger partial charge in [0.2, 0.25) is 0 Å². The SMILES string of the molecule is CC(C)NCc1ccoc1COc1ccc(Cl)c(F)c1. The first-order valence-electron chi connectivity index (χ1n) is 6.42. The van der Waals surface area contributed by atoms with Crippen molar-refractivity contribution in [2.75, 3.05) is 0 Å². The second-order valence-electron chi connectivity index (χ2n) is 4.77. The molecule has 5 heteroatoms. The smallest absolute Gasteiger partial charge is 0.146 e. The molecule has 0 atom stereocenters. The first-order valence-corrected chi connectivity index (χ1v) is 6.80. The molecule has 0 saturated heterocycles. The molecule has 0 aliphatic rings. The van der Waals surface area contributed by atoms with E-state index in [1.807, 2.05) is 6.07 Å². The summed E-state index contributed by atoms with van der Waals surface area (Å²) in [5, 5.41) is 3.39. The molecule has 108 valence electrons. The minimum atomic E-state index is -0.495. The zero-order valence-corrected chi connectivity index (χ0v) is 12.2. The first-order chi connectivity index (χ1) is 9.56. The Morgan fingerprint density at radius 2 is 2.15 bits per heavy atom. The van der Waals surface area contributed by atoms with E-state index in [2.05, 4.69) is 19.2 Å². The number of benzene rings is 1. The van der Waals surface area contributed by atoms with Crippen molar-refractivity contribution >= 4 is 11.6 Å². The van der Waals surface area contributed by atoms with Crippen LogP contribution in [0.4, 0.5) is 4.39 Å². The van der Waals surface area contributed by atoms with E-state index >= 15 is 0 Å². The van der Waals surface area contributed by atoms with Crippen LogP contribution in [0.3, 0.4) is 0 Å². The van der Waals surface area contributed by atoms with Gasteiger partial charge in [0, 0.05) is 24.2 Å². The first kappa shape index (κ1) is 14.9. The maximum Gasteiger partial charge on any atom is 0.146 e. The van der Waals surface area contributed by atoms with Gasteiger partial charge >= 0.3 is 0 Å². The molecule has 2 aromatic rings. The maximum atomic E-state index is 13.3. The van der Waals surface area contributed by atoms with Gasteiger partial charge in [-0.2, -0.15) is 0 Å². The average molecular weight is 298 g/mol. The molecular formula is C15H17ClFNO2. The van der Waals surface area contributed by atoms with Gasteiger partial charge in [0.25, 0.3) is 0 Å². The minimum Gasteiger partial charge on any atom is -0.486 e. The van der Waals surface area contributed by atoms with Crippen molar-refractivity contribution in [1.29, 1.82) is 0 Å².